The van der Waals surface area contributed by atoms with Gasteiger partial charge in [-0.1, -0.05) is 29.8 Å². The molecule has 1 aromatic carbocycles. The number of rotatable bonds is 7. The molecule has 0 aromatic heterocycles. The summed E-state index contributed by atoms with van der Waals surface area (Å²) < 4.78 is 5.04. The number of nitrogens with one attached hydrogen (secondary N) is 1. The Hall–Kier alpha value is -2.08. The molecule has 20 heavy (non-hydrogen) atoms. The number of alkyl carbamates (subject to hydrolysis) is 1. The van der Waals surface area contributed by atoms with Gasteiger partial charge in [0.15, 0.2) is 0 Å². The predicted octanol–water partition coefficient (Wildman–Crippen LogP) is 1.41. The van der Waals surface area contributed by atoms with Gasteiger partial charge >= 0.3 is 12.1 Å². The van der Waals surface area contributed by atoms with Crippen molar-refractivity contribution in [2.24, 2.45) is 5.73 Å². The Morgan fingerprint density at radius 2 is 2.20 bits per heavy atom. The maximum Gasteiger partial charge on any atom is 0.407 e. The van der Waals surface area contributed by atoms with E-state index < -0.39 is 18.1 Å². The molecule has 1 atom stereocenters. The molecule has 0 heterocycles. The molecule has 0 aliphatic carbocycles. The van der Waals surface area contributed by atoms with E-state index in [9.17, 15) is 9.59 Å². The molecule has 0 bridgehead atoms. The summed E-state index contributed by atoms with van der Waals surface area (Å²) in [5.74, 6) is -1.04. The number of carboxylic acid groups (broad SMARTS) is 1. The summed E-state index contributed by atoms with van der Waals surface area (Å²) in [7, 11) is 0. The maximum atomic E-state index is 11.4. The Balaban J connectivity index is 2.16. The molecule has 0 fully saturated rings. The van der Waals surface area contributed by atoms with Gasteiger partial charge in [-0.2, -0.15) is 0 Å². The monoisotopic (exact) mass is 280 g/mol. The lowest BCUT2D eigenvalue weighted by Gasteiger charge is -2.08. The molecule has 0 saturated carbocycles. The average Bonchev–Trinajstić information content (AvgIpc) is 2.41. The van der Waals surface area contributed by atoms with Gasteiger partial charge in [-0.15, -0.1) is 0 Å². The summed E-state index contributed by atoms with van der Waals surface area (Å²) >= 11 is 0. The minimum absolute atomic E-state index is 0.210. The molecule has 1 amide bonds. The molecule has 0 radical (unpaired) electrons. The van der Waals surface area contributed by atoms with Crippen LogP contribution in [-0.2, 0) is 16.1 Å². The molecule has 1 aromatic rings. The number of hydrogen-bond acceptors (Lipinski definition) is 4. The van der Waals surface area contributed by atoms with Gasteiger partial charge in [0.2, 0.25) is 0 Å². The van der Waals surface area contributed by atoms with Crippen LogP contribution in [0.3, 0.4) is 0 Å². The molecule has 6 heteroatoms. The first-order valence-electron chi connectivity index (χ1n) is 6.43. The largest absolute Gasteiger partial charge is 0.480 e. The van der Waals surface area contributed by atoms with E-state index in [1.54, 1.807) is 0 Å². The predicted molar refractivity (Wildman–Crippen MR) is 74.2 cm³/mol. The Labute approximate surface area is 117 Å². The van der Waals surface area contributed by atoms with Gasteiger partial charge < -0.3 is 20.9 Å². The van der Waals surface area contributed by atoms with Gasteiger partial charge in [-0.25, -0.2) is 4.79 Å². The van der Waals surface area contributed by atoms with Crippen LogP contribution in [0.5, 0.6) is 0 Å². The second-order valence-electron chi connectivity index (χ2n) is 4.58. The second-order valence-corrected chi connectivity index (χ2v) is 4.58. The molecule has 0 aliphatic heterocycles. The van der Waals surface area contributed by atoms with Crippen molar-refractivity contribution in [3.8, 4) is 0 Å². The number of carbonyl (C=O) groups is 2. The molecule has 4 N–H and O–H groups in total. The third-order valence-corrected chi connectivity index (χ3v) is 2.73. The molecular formula is C14H20N2O4. The van der Waals surface area contributed by atoms with Crippen LogP contribution in [0, 0.1) is 6.92 Å². The lowest BCUT2D eigenvalue weighted by molar-refractivity contribution is -0.138. The maximum absolute atomic E-state index is 11.4. The van der Waals surface area contributed by atoms with Crippen LogP contribution in [0.2, 0.25) is 0 Å². The average molecular weight is 280 g/mol. The van der Waals surface area contributed by atoms with Crippen LogP contribution in [0.25, 0.3) is 0 Å². The van der Waals surface area contributed by atoms with Gasteiger partial charge in [0.1, 0.15) is 12.6 Å². The van der Waals surface area contributed by atoms with Crippen molar-refractivity contribution in [3.05, 3.63) is 35.4 Å². The van der Waals surface area contributed by atoms with Crippen LogP contribution >= 0.6 is 0 Å². The summed E-state index contributed by atoms with van der Waals surface area (Å²) in [6.45, 7) is 2.52. The van der Waals surface area contributed by atoms with Gasteiger partial charge in [0, 0.05) is 6.54 Å². The van der Waals surface area contributed by atoms with Crippen LogP contribution in [0.15, 0.2) is 24.3 Å². The zero-order valence-corrected chi connectivity index (χ0v) is 11.5. The SMILES string of the molecule is Cc1cccc(COC(=O)NCCC[C@H](N)C(=O)O)c1. The first-order chi connectivity index (χ1) is 9.49. The first-order valence-corrected chi connectivity index (χ1v) is 6.43. The minimum atomic E-state index is -1.04. The van der Waals surface area contributed by atoms with Crippen molar-refractivity contribution in [2.45, 2.75) is 32.4 Å². The third kappa shape index (κ3) is 6.19. The Morgan fingerprint density at radius 1 is 1.45 bits per heavy atom. The lowest BCUT2D eigenvalue weighted by Crippen LogP contribution is -2.32. The number of carbonyl (C=O) groups excluding carboxylic acids is 1. The normalized spacial score (nSPS) is 11.7. The summed E-state index contributed by atoms with van der Waals surface area (Å²) in [6.07, 6.45) is 0.288. The molecular weight excluding hydrogens is 260 g/mol. The van der Waals surface area contributed by atoms with Crippen molar-refractivity contribution in [1.29, 1.82) is 0 Å². The summed E-state index contributed by atoms with van der Waals surface area (Å²) in [6, 6.07) is 6.81. The Morgan fingerprint density at radius 3 is 2.85 bits per heavy atom. The van der Waals surface area contributed by atoms with Crippen molar-refractivity contribution in [1.82, 2.24) is 5.32 Å². The molecule has 0 unspecified atom stereocenters. The highest BCUT2D eigenvalue weighted by Gasteiger charge is 2.10. The number of amides is 1. The highest BCUT2D eigenvalue weighted by molar-refractivity contribution is 5.73. The van der Waals surface area contributed by atoms with Gasteiger partial charge in [0.05, 0.1) is 0 Å². The molecule has 0 saturated heterocycles. The van der Waals surface area contributed by atoms with Crippen LogP contribution in [0.4, 0.5) is 4.79 Å². The van der Waals surface area contributed by atoms with E-state index in [0.29, 0.717) is 19.4 Å². The standard InChI is InChI=1S/C14H20N2O4/c1-10-4-2-5-11(8-10)9-20-14(19)16-7-3-6-12(15)13(17)18/h2,4-5,8,12H,3,6-7,9,15H2,1H3,(H,16,19)(H,17,18)/t12-/m0/s1. The number of benzene rings is 1. The Kier molecular flexibility index (Phi) is 6.52. The van der Waals surface area contributed by atoms with E-state index in [1.165, 1.54) is 0 Å². The smallest absolute Gasteiger partial charge is 0.407 e. The third-order valence-electron chi connectivity index (χ3n) is 2.73. The van der Waals surface area contributed by atoms with Crippen molar-refractivity contribution in [2.75, 3.05) is 6.54 Å². The van der Waals surface area contributed by atoms with Gasteiger partial charge in [0.25, 0.3) is 0 Å². The molecule has 0 spiro atoms. The highest BCUT2D eigenvalue weighted by Crippen LogP contribution is 2.05. The first kappa shape index (κ1) is 16.0. The van der Waals surface area contributed by atoms with Crippen molar-refractivity contribution < 1.29 is 19.4 Å². The number of aliphatic carboxylic acids is 1. The number of carboxylic acids is 1. The van der Waals surface area contributed by atoms with Crippen LogP contribution in [-0.4, -0.2) is 29.8 Å². The Bertz CT molecular complexity index is 462. The number of nitrogens with two attached hydrogens (primary N) is 1. The molecule has 0 aliphatic rings. The van der Waals surface area contributed by atoms with E-state index in [0.717, 1.165) is 11.1 Å². The highest BCUT2D eigenvalue weighted by atomic mass is 16.5. The van der Waals surface area contributed by atoms with E-state index in [1.807, 2.05) is 31.2 Å². The van der Waals surface area contributed by atoms with Crippen molar-refractivity contribution in [3.63, 3.8) is 0 Å². The van der Waals surface area contributed by atoms with Crippen LogP contribution < -0.4 is 11.1 Å². The quantitative estimate of drug-likeness (QED) is 0.655. The van der Waals surface area contributed by atoms with Gasteiger partial charge in [-0.05, 0) is 25.3 Å². The second kappa shape index (κ2) is 8.16. The summed E-state index contributed by atoms with van der Waals surface area (Å²) in [4.78, 5) is 21.9. The zero-order valence-electron chi connectivity index (χ0n) is 11.5. The number of hydrogen-bond donors (Lipinski definition) is 3. The van der Waals surface area contributed by atoms with Crippen molar-refractivity contribution >= 4 is 12.1 Å². The van der Waals surface area contributed by atoms with E-state index in [2.05, 4.69) is 5.32 Å². The zero-order chi connectivity index (χ0) is 15.0. The topological polar surface area (TPSA) is 102 Å². The minimum Gasteiger partial charge on any atom is -0.480 e. The summed E-state index contributed by atoms with van der Waals surface area (Å²) in [5.41, 5.74) is 7.37. The molecule has 6 nitrogen and oxygen atoms in total. The molecule has 1 rings (SSSR count). The lowest BCUT2D eigenvalue weighted by atomic mass is 10.1. The van der Waals surface area contributed by atoms with Crippen LogP contribution in [0.1, 0.15) is 24.0 Å². The number of aryl methyl sites for hydroxylation is 1. The fraction of sp³-hybridized carbons (Fsp3) is 0.429. The van der Waals surface area contributed by atoms with E-state index >= 15 is 0 Å². The fourth-order valence-electron chi connectivity index (χ4n) is 1.64. The fourth-order valence-corrected chi connectivity index (χ4v) is 1.64. The van der Waals surface area contributed by atoms with E-state index in [4.69, 9.17) is 15.6 Å². The van der Waals surface area contributed by atoms with E-state index in [-0.39, 0.29) is 6.61 Å². The molecule has 110 valence electrons. The summed E-state index contributed by atoms with van der Waals surface area (Å²) in [5, 5.41) is 11.1. The number of ether oxygens (including phenoxy) is 1. The van der Waals surface area contributed by atoms with Gasteiger partial charge in [-0.3, -0.25) is 4.79 Å².